The molecule has 0 atom stereocenters. The quantitative estimate of drug-likeness (QED) is 0.619. The van der Waals surface area contributed by atoms with Gasteiger partial charge in [-0.3, -0.25) is 9.59 Å². The highest BCUT2D eigenvalue weighted by molar-refractivity contribution is 7.89. The fourth-order valence-corrected chi connectivity index (χ4v) is 4.23. The molecule has 150 valence electrons. The van der Waals surface area contributed by atoms with Gasteiger partial charge in [0.15, 0.2) is 5.78 Å². The van der Waals surface area contributed by atoms with Crippen molar-refractivity contribution in [1.82, 2.24) is 9.62 Å². The third-order valence-corrected chi connectivity index (χ3v) is 6.50. The summed E-state index contributed by atoms with van der Waals surface area (Å²) < 4.78 is 26.3. The minimum absolute atomic E-state index is 0.0679. The molecule has 0 spiro atoms. The van der Waals surface area contributed by atoms with Crippen LogP contribution in [0.1, 0.15) is 42.6 Å². The van der Waals surface area contributed by atoms with E-state index in [4.69, 9.17) is 0 Å². The molecule has 0 aliphatic rings. The van der Waals surface area contributed by atoms with E-state index in [1.807, 2.05) is 6.07 Å². The summed E-state index contributed by atoms with van der Waals surface area (Å²) >= 11 is 0. The summed E-state index contributed by atoms with van der Waals surface area (Å²) in [5.74, 6) is -0.286. The van der Waals surface area contributed by atoms with E-state index in [-0.39, 0.29) is 36.0 Å². The van der Waals surface area contributed by atoms with Crippen LogP contribution in [-0.2, 0) is 21.4 Å². The van der Waals surface area contributed by atoms with E-state index in [1.165, 1.54) is 4.31 Å². The average molecular weight is 403 g/mol. The van der Waals surface area contributed by atoms with E-state index in [9.17, 15) is 18.0 Å². The molecule has 7 heteroatoms. The molecule has 0 saturated heterocycles. The zero-order valence-electron chi connectivity index (χ0n) is 16.2. The van der Waals surface area contributed by atoms with Gasteiger partial charge in [-0.05, 0) is 17.7 Å². The molecule has 0 fully saturated rings. The third-order valence-electron chi connectivity index (χ3n) is 4.43. The molecule has 0 aromatic heterocycles. The summed E-state index contributed by atoms with van der Waals surface area (Å²) in [5.41, 5.74) is 1.39. The van der Waals surface area contributed by atoms with E-state index in [0.29, 0.717) is 18.7 Å². The van der Waals surface area contributed by atoms with Crippen molar-refractivity contribution in [3.8, 4) is 0 Å². The van der Waals surface area contributed by atoms with Gasteiger partial charge in [0.2, 0.25) is 15.9 Å². The highest BCUT2D eigenvalue weighted by Crippen LogP contribution is 2.16. The van der Waals surface area contributed by atoms with Crippen molar-refractivity contribution < 1.29 is 18.0 Å². The number of nitrogens with zero attached hydrogens (tertiary/aromatic N) is 1. The Bertz CT molecular complexity index is 890. The van der Waals surface area contributed by atoms with Crippen LogP contribution in [-0.4, -0.2) is 37.5 Å². The Labute approximate surface area is 166 Å². The van der Waals surface area contributed by atoms with Crippen LogP contribution in [0.15, 0.2) is 59.5 Å². The second kappa shape index (κ2) is 10.1. The smallest absolute Gasteiger partial charge is 0.243 e. The van der Waals surface area contributed by atoms with Crippen LogP contribution >= 0.6 is 0 Å². The van der Waals surface area contributed by atoms with Crippen LogP contribution in [0.2, 0.25) is 0 Å². The number of amides is 1. The SMILES string of the molecule is CCN(CC)S(=O)(=O)c1ccc(CNC(=O)CCC(=O)c2ccccc2)cc1. The summed E-state index contributed by atoms with van der Waals surface area (Å²) in [6, 6.07) is 15.3. The molecule has 0 aliphatic heterocycles. The molecule has 0 unspecified atom stereocenters. The van der Waals surface area contributed by atoms with Gasteiger partial charge in [-0.1, -0.05) is 56.3 Å². The maximum absolute atomic E-state index is 12.5. The van der Waals surface area contributed by atoms with Gasteiger partial charge in [-0.25, -0.2) is 8.42 Å². The van der Waals surface area contributed by atoms with Gasteiger partial charge >= 0.3 is 0 Å². The van der Waals surface area contributed by atoms with Crippen LogP contribution in [0.4, 0.5) is 0 Å². The zero-order valence-corrected chi connectivity index (χ0v) is 17.0. The lowest BCUT2D eigenvalue weighted by atomic mass is 10.1. The third kappa shape index (κ3) is 5.74. The maximum Gasteiger partial charge on any atom is 0.243 e. The number of hydrogen-bond acceptors (Lipinski definition) is 4. The topological polar surface area (TPSA) is 83.6 Å². The summed E-state index contributed by atoms with van der Waals surface area (Å²) in [5, 5.41) is 2.76. The van der Waals surface area contributed by atoms with Gasteiger partial charge in [0.05, 0.1) is 4.90 Å². The number of hydrogen-bond donors (Lipinski definition) is 1. The van der Waals surface area contributed by atoms with Gasteiger partial charge in [0.1, 0.15) is 0 Å². The Morgan fingerprint density at radius 1 is 0.893 bits per heavy atom. The van der Waals surface area contributed by atoms with E-state index in [1.54, 1.807) is 62.4 Å². The molecule has 2 rings (SSSR count). The van der Waals surface area contributed by atoms with Gasteiger partial charge in [-0.15, -0.1) is 0 Å². The molecule has 0 heterocycles. The van der Waals surface area contributed by atoms with Gasteiger partial charge < -0.3 is 5.32 Å². The van der Waals surface area contributed by atoms with Crippen molar-refractivity contribution in [3.05, 3.63) is 65.7 Å². The standard InChI is InChI=1S/C21H26N2O4S/c1-3-23(4-2)28(26,27)19-12-10-17(11-13-19)16-22-21(25)15-14-20(24)18-8-6-5-7-9-18/h5-13H,3-4,14-16H2,1-2H3,(H,22,25). The minimum atomic E-state index is -3.49. The van der Waals surface area contributed by atoms with E-state index in [0.717, 1.165) is 5.56 Å². The van der Waals surface area contributed by atoms with Gasteiger partial charge in [0.25, 0.3) is 0 Å². The first-order valence-electron chi connectivity index (χ1n) is 9.32. The van der Waals surface area contributed by atoms with E-state index < -0.39 is 10.0 Å². The molecule has 1 amide bonds. The van der Waals surface area contributed by atoms with Crippen molar-refractivity contribution in [2.24, 2.45) is 0 Å². The molecule has 2 aromatic rings. The Balaban J connectivity index is 1.86. The monoisotopic (exact) mass is 402 g/mol. The first-order chi connectivity index (χ1) is 13.4. The molecular formula is C21H26N2O4S. The fourth-order valence-electron chi connectivity index (χ4n) is 2.78. The van der Waals surface area contributed by atoms with E-state index in [2.05, 4.69) is 5.32 Å². The number of benzene rings is 2. The van der Waals surface area contributed by atoms with Gasteiger partial charge in [-0.2, -0.15) is 4.31 Å². The van der Waals surface area contributed by atoms with Crippen molar-refractivity contribution in [3.63, 3.8) is 0 Å². The molecule has 0 saturated carbocycles. The molecular weight excluding hydrogens is 376 g/mol. The molecule has 0 bridgehead atoms. The zero-order chi connectivity index (χ0) is 20.6. The van der Waals surface area contributed by atoms with Crippen LogP contribution < -0.4 is 5.32 Å². The normalized spacial score (nSPS) is 11.4. The predicted molar refractivity (Wildman–Crippen MR) is 108 cm³/mol. The van der Waals surface area contributed by atoms with Crippen molar-refractivity contribution in [2.45, 2.75) is 38.1 Å². The summed E-state index contributed by atoms with van der Waals surface area (Å²) in [7, 11) is -3.49. The lowest BCUT2D eigenvalue weighted by Crippen LogP contribution is -2.30. The predicted octanol–water partition coefficient (Wildman–Crippen LogP) is 3.00. The Hall–Kier alpha value is -2.51. The minimum Gasteiger partial charge on any atom is -0.352 e. The summed E-state index contributed by atoms with van der Waals surface area (Å²) in [4.78, 5) is 24.2. The second-order valence-electron chi connectivity index (χ2n) is 6.30. The van der Waals surface area contributed by atoms with Crippen molar-refractivity contribution in [2.75, 3.05) is 13.1 Å². The van der Waals surface area contributed by atoms with Crippen molar-refractivity contribution in [1.29, 1.82) is 0 Å². The number of carbonyl (C=O) groups excluding carboxylic acids is 2. The molecule has 28 heavy (non-hydrogen) atoms. The molecule has 2 aromatic carbocycles. The molecule has 0 radical (unpaired) electrons. The lowest BCUT2D eigenvalue weighted by molar-refractivity contribution is -0.121. The number of rotatable bonds is 10. The Morgan fingerprint density at radius 2 is 1.50 bits per heavy atom. The number of ketones is 1. The summed E-state index contributed by atoms with van der Waals surface area (Å²) in [6.45, 7) is 4.71. The van der Waals surface area contributed by atoms with Crippen LogP contribution in [0.5, 0.6) is 0 Å². The van der Waals surface area contributed by atoms with Crippen LogP contribution in [0.25, 0.3) is 0 Å². The first-order valence-corrected chi connectivity index (χ1v) is 10.8. The van der Waals surface area contributed by atoms with Crippen LogP contribution in [0, 0.1) is 0 Å². The fraction of sp³-hybridized carbons (Fsp3) is 0.333. The van der Waals surface area contributed by atoms with E-state index >= 15 is 0 Å². The number of sulfonamides is 1. The number of nitrogens with one attached hydrogen (secondary N) is 1. The highest BCUT2D eigenvalue weighted by Gasteiger charge is 2.21. The van der Waals surface area contributed by atoms with Crippen LogP contribution in [0.3, 0.4) is 0 Å². The number of carbonyl (C=O) groups is 2. The second-order valence-corrected chi connectivity index (χ2v) is 8.24. The largest absolute Gasteiger partial charge is 0.352 e. The van der Waals surface area contributed by atoms with Crippen molar-refractivity contribution >= 4 is 21.7 Å². The first kappa shape index (κ1) is 21.8. The Kier molecular flexibility index (Phi) is 7.90. The molecule has 1 N–H and O–H groups in total. The average Bonchev–Trinajstić information content (AvgIpc) is 2.72. The highest BCUT2D eigenvalue weighted by atomic mass is 32.2. The Morgan fingerprint density at radius 3 is 2.07 bits per heavy atom. The maximum atomic E-state index is 12.5. The molecule has 0 aliphatic carbocycles. The summed E-state index contributed by atoms with van der Waals surface area (Å²) in [6.07, 6.45) is 0.263. The number of Topliss-reactive ketones (excluding diaryl/α,β-unsaturated/α-hetero) is 1. The lowest BCUT2D eigenvalue weighted by Gasteiger charge is -2.18. The molecule has 6 nitrogen and oxygen atoms in total. The van der Waals surface area contributed by atoms with Gasteiger partial charge in [0, 0.05) is 38.0 Å².